The van der Waals surface area contributed by atoms with Crippen molar-refractivity contribution in [2.24, 2.45) is 0 Å². The Morgan fingerprint density at radius 2 is 1.86 bits per heavy atom. The minimum absolute atomic E-state index is 0.00581. The lowest BCUT2D eigenvalue weighted by Crippen LogP contribution is -2.66. The highest BCUT2D eigenvalue weighted by Crippen LogP contribution is 2.40. The lowest BCUT2D eigenvalue weighted by Gasteiger charge is -2.44. The molecule has 4 heterocycles. The molecule has 1 aromatic carbocycles. The number of halogens is 3. The van der Waals surface area contributed by atoms with Crippen LogP contribution in [-0.4, -0.2) is 65.0 Å². The Morgan fingerprint density at radius 1 is 1.14 bits per heavy atom. The Balaban J connectivity index is 1.34. The summed E-state index contributed by atoms with van der Waals surface area (Å²) in [6.45, 7) is 1.86. The summed E-state index contributed by atoms with van der Waals surface area (Å²) in [7, 11) is -4.17. The van der Waals surface area contributed by atoms with Crippen LogP contribution in [0.5, 0.6) is 0 Å². The van der Waals surface area contributed by atoms with Gasteiger partial charge in [0.2, 0.25) is 11.8 Å². The summed E-state index contributed by atoms with van der Waals surface area (Å²) in [6.07, 6.45) is 3.69. The van der Waals surface area contributed by atoms with Gasteiger partial charge in [0.15, 0.2) is 9.84 Å². The van der Waals surface area contributed by atoms with E-state index >= 15 is 4.39 Å². The van der Waals surface area contributed by atoms with E-state index in [0.29, 0.717) is 24.9 Å². The van der Waals surface area contributed by atoms with E-state index in [0.717, 1.165) is 22.2 Å². The van der Waals surface area contributed by atoms with Crippen LogP contribution in [0, 0.1) is 24.1 Å². The van der Waals surface area contributed by atoms with E-state index in [9.17, 15) is 23.3 Å². The molecule has 2 aliphatic heterocycles. The molecule has 2 amide bonds. The van der Waals surface area contributed by atoms with E-state index in [4.69, 9.17) is 23.2 Å². The van der Waals surface area contributed by atoms with Crippen molar-refractivity contribution in [1.82, 2.24) is 25.5 Å². The summed E-state index contributed by atoms with van der Waals surface area (Å²) in [5.74, 6) is -2.14. The second kappa shape index (κ2) is 11.1. The fourth-order valence-corrected chi connectivity index (χ4v) is 8.24. The van der Waals surface area contributed by atoms with Gasteiger partial charge in [-0.2, -0.15) is 5.26 Å². The maximum Gasteiger partial charge on any atom is 0.250 e. The van der Waals surface area contributed by atoms with E-state index < -0.39 is 49.8 Å². The molecule has 44 heavy (non-hydrogen) atoms. The molecule has 14 heteroatoms. The summed E-state index contributed by atoms with van der Waals surface area (Å²) in [6, 6.07) is 10.1. The van der Waals surface area contributed by atoms with Crippen molar-refractivity contribution in [2.75, 3.05) is 13.1 Å². The Labute approximate surface area is 263 Å². The van der Waals surface area contributed by atoms with Gasteiger partial charge in [-0.1, -0.05) is 29.3 Å². The lowest BCUT2D eigenvalue weighted by molar-refractivity contribution is -0.147. The zero-order valence-electron chi connectivity index (χ0n) is 23.5. The van der Waals surface area contributed by atoms with Gasteiger partial charge in [-0.05, 0) is 80.6 Å². The summed E-state index contributed by atoms with van der Waals surface area (Å²) < 4.78 is 43.1. The first-order chi connectivity index (χ1) is 20.9. The molecule has 3 aliphatic rings. The van der Waals surface area contributed by atoms with Gasteiger partial charge in [-0.15, -0.1) is 0 Å². The number of pyridine rings is 2. The molecular formula is C30H27Cl2FN6O4S. The maximum atomic E-state index is 15.1. The van der Waals surface area contributed by atoms with Crippen molar-refractivity contribution in [1.29, 1.82) is 5.26 Å². The van der Waals surface area contributed by atoms with Crippen molar-refractivity contribution < 1.29 is 22.4 Å². The molecule has 3 fully saturated rings. The predicted molar refractivity (Wildman–Crippen MR) is 160 cm³/mol. The van der Waals surface area contributed by atoms with Gasteiger partial charge in [-0.25, -0.2) is 12.8 Å². The first-order valence-electron chi connectivity index (χ1n) is 14.0. The molecule has 6 rings (SSSR count). The third-order valence-electron chi connectivity index (χ3n) is 8.56. The fourth-order valence-electron chi connectivity index (χ4n) is 5.85. The van der Waals surface area contributed by atoms with Crippen molar-refractivity contribution in [3.63, 3.8) is 0 Å². The Morgan fingerprint density at radius 3 is 2.45 bits per heavy atom. The average Bonchev–Trinajstić information content (AvgIpc) is 3.57. The topological polar surface area (TPSA) is 145 Å². The summed E-state index contributed by atoms with van der Waals surface area (Å²) >= 11 is 12.4. The highest BCUT2D eigenvalue weighted by molar-refractivity contribution is 7.92. The van der Waals surface area contributed by atoms with E-state index in [1.165, 1.54) is 12.3 Å². The Kier molecular flexibility index (Phi) is 7.65. The number of likely N-dealkylation sites (tertiary alicyclic amines) is 1. The molecule has 1 aliphatic carbocycles. The lowest BCUT2D eigenvalue weighted by atomic mass is 9.82. The molecule has 2 N–H and O–H groups in total. The standard InChI is InChI=1S/C30H27Cl2FN6O4S/c1-17-10-19(4-8-35-17)18-2-3-25(22(32)11-18)44(42,43)21-13-24(27(40)38-29(16-34)5-6-29)39(15-21)28(41)30(7-9-37-30)26-23(33)12-20(31)14-36-26/h2-4,8,10-12,14,21,24,37H,5-7,9,13,15H2,1H3,(H,38,40)/t21-,24+,30?/m1/s1. The van der Waals surface area contributed by atoms with E-state index in [1.54, 1.807) is 24.4 Å². The number of rotatable bonds is 7. The first kappa shape index (κ1) is 30.4. The van der Waals surface area contributed by atoms with Gasteiger partial charge < -0.3 is 10.2 Å². The van der Waals surface area contributed by atoms with Crippen LogP contribution in [0.25, 0.3) is 11.1 Å². The Hall–Kier alpha value is -3.63. The number of aryl methyl sites for hydroxylation is 1. The molecule has 1 unspecified atom stereocenters. The third-order valence-corrected chi connectivity index (χ3v) is 11.4. The number of amides is 2. The quantitative estimate of drug-likeness (QED) is 0.392. The number of sulfone groups is 1. The molecule has 3 atom stereocenters. The van der Waals surface area contributed by atoms with Crippen molar-refractivity contribution in [2.45, 2.75) is 59.9 Å². The van der Waals surface area contributed by atoms with Gasteiger partial charge in [0.25, 0.3) is 0 Å². The average molecular weight is 658 g/mol. The van der Waals surface area contributed by atoms with E-state index in [2.05, 4.69) is 26.7 Å². The molecule has 3 aromatic rings. The zero-order valence-corrected chi connectivity index (χ0v) is 25.8. The minimum atomic E-state index is -4.17. The van der Waals surface area contributed by atoms with E-state index in [-0.39, 0.29) is 40.0 Å². The number of nitrogens with zero attached hydrogens (tertiary/aromatic N) is 4. The number of nitriles is 1. The molecule has 0 bridgehead atoms. The molecular weight excluding hydrogens is 630 g/mol. The normalized spacial score (nSPS) is 23.8. The van der Waals surface area contributed by atoms with Crippen LogP contribution in [0.1, 0.15) is 37.1 Å². The summed E-state index contributed by atoms with van der Waals surface area (Å²) in [4.78, 5) is 37.1. The second-order valence-corrected chi connectivity index (χ2v) is 14.5. The van der Waals surface area contributed by atoms with Crippen molar-refractivity contribution >= 4 is 44.9 Å². The van der Waals surface area contributed by atoms with Crippen LogP contribution in [0.2, 0.25) is 10.0 Å². The highest BCUT2D eigenvalue weighted by atomic mass is 35.5. The molecule has 228 valence electrons. The molecule has 0 spiro atoms. The minimum Gasteiger partial charge on any atom is -0.336 e. The van der Waals surface area contributed by atoms with Crippen LogP contribution in [-0.2, 0) is 25.0 Å². The number of nitrogens with one attached hydrogen (secondary N) is 2. The van der Waals surface area contributed by atoms with E-state index in [1.807, 2.05) is 13.0 Å². The van der Waals surface area contributed by atoms with Gasteiger partial charge in [0, 0.05) is 24.6 Å². The molecule has 0 radical (unpaired) electrons. The number of hydrogen-bond acceptors (Lipinski definition) is 8. The van der Waals surface area contributed by atoms with Crippen LogP contribution in [0.4, 0.5) is 4.39 Å². The number of carbonyl (C=O) groups excluding carboxylic acids is 2. The number of hydrogen-bond donors (Lipinski definition) is 2. The summed E-state index contributed by atoms with van der Waals surface area (Å²) in [5, 5.41) is 14.1. The number of carbonyl (C=O) groups is 2. The van der Waals surface area contributed by atoms with Gasteiger partial charge in [0.05, 0.1) is 26.3 Å². The van der Waals surface area contributed by atoms with Crippen LogP contribution < -0.4 is 10.6 Å². The van der Waals surface area contributed by atoms with Crippen LogP contribution >= 0.6 is 23.2 Å². The zero-order chi connectivity index (χ0) is 31.4. The largest absolute Gasteiger partial charge is 0.336 e. The number of aromatic nitrogens is 2. The van der Waals surface area contributed by atoms with Gasteiger partial charge in [-0.3, -0.25) is 24.9 Å². The molecule has 2 saturated heterocycles. The Bertz CT molecular complexity index is 1840. The fraction of sp³-hybridized carbons (Fsp3) is 0.367. The van der Waals surface area contributed by atoms with Gasteiger partial charge in [0.1, 0.15) is 28.6 Å². The molecule has 10 nitrogen and oxygen atoms in total. The molecule has 1 saturated carbocycles. The van der Waals surface area contributed by atoms with Gasteiger partial charge >= 0.3 is 0 Å². The maximum absolute atomic E-state index is 15.1. The predicted octanol–water partition coefficient (Wildman–Crippen LogP) is 3.70. The smallest absolute Gasteiger partial charge is 0.250 e. The van der Waals surface area contributed by atoms with Crippen molar-refractivity contribution in [3.05, 3.63) is 76.0 Å². The highest BCUT2D eigenvalue weighted by Gasteiger charge is 2.57. The second-order valence-electron chi connectivity index (χ2n) is 11.5. The SMILES string of the molecule is Cc1cc(-c2ccc(S(=O)(=O)[C@@H]3C[C@@H](C(=O)NC4(C#N)CC4)N(C(=O)C4(c5ncc(Cl)cc5F)CCN4)C3)c(Cl)c2)ccn1. The molecule has 2 aromatic heterocycles. The third kappa shape index (κ3) is 5.21. The van der Waals surface area contributed by atoms with Crippen LogP contribution in [0.15, 0.2) is 53.7 Å². The van der Waals surface area contributed by atoms with Crippen LogP contribution in [0.3, 0.4) is 0 Å². The van der Waals surface area contributed by atoms with Crippen molar-refractivity contribution in [3.8, 4) is 17.2 Å². The number of benzene rings is 1. The monoisotopic (exact) mass is 656 g/mol. The first-order valence-corrected chi connectivity index (χ1v) is 16.3. The summed E-state index contributed by atoms with van der Waals surface area (Å²) in [5.41, 5.74) is -0.562.